The Kier molecular flexibility index (Phi) is 5.36. The van der Waals surface area contributed by atoms with Gasteiger partial charge < -0.3 is 15.2 Å². The SMILES string of the molecule is CN(CC1CCNCC1)c1nc(-c2ccnc3[nH]c(C(F)(F)F)cc23)nc2cncc(C3CC3)c12. The van der Waals surface area contributed by atoms with Gasteiger partial charge in [-0.3, -0.25) is 4.98 Å². The summed E-state index contributed by atoms with van der Waals surface area (Å²) in [5.41, 5.74) is 1.70. The molecule has 1 aliphatic heterocycles. The summed E-state index contributed by atoms with van der Waals surface area (Å²) in [6.07, 6.45) is 5.08. The van der Waals surface area contributed by atoms with Crippen LogP contribution in [0, 0.1) is 5.92 Å². The lowest BCUT2D eigenvalue weighted by Gasteiger charge is -2.29. The Bertz CT molecular complexity index is 1390. The molecule has 182 valence electrons. The zero-order chi connectivity index (χ0) is 24.2. The lowest BCUT2D eigenvalue weighted by molar-refractivity contribution is -0.140. The van der Waals surface area contributed by atoms with Crippen molar-refractivity contribution < 1.29 is 13.2 Å². The van der Waals surface area contributed by atoms with Crippen LogP contribution in [-0.4, -0.2) is 51.6 Å². The Morgan fingerprint density at radius 1 is 1.09 bits per heavy atom. The smallest absolute Gasteiger partial charge is 0.359 e. The first-order valence-corrected chi connectivity index (χ1v) is 12.0. The molecule has 7 nitrogen and oxygen atoms in total. The largest absolute Gasteiger partial charge is 0.431 e. The van der Waals surface area contributed by atoms with E-state index in [0.717, 1.165) is 68.2 Å². The molecule has 5 heterocycles. The van der Waals surface area contributed by atoms with E-state index in [2.05, 4.69) is 25.2 Å². The Balaban J connectivity index is 1.51. The number of hydrogen-bond donors (Lipinski definition) is 2. The second-order valence-electron chi connectivity index (χ2n) is 9.64. The highest BCUT2D eigenvalue weighted by Crippen LogP contribution is 2.45. The van der Waals surface area contributed by atoms with Gasteiger partial charge in [0.25, 0.3) is 0 Å². The number of hydrogen-bond acceptors (Lipinski definition) is 6. The minimum absolute atomic E-state index is 0.160. The first-order valence-electron chi connectivity index (χ1n) is 12.0. The van der Waals surface area contributed by atoms with Crippen molar-refractivity contribution >= 4 is 27.8 Å². The normalized spacial score (nSPS) is 17.4. The summed E-state index contributed by atoms with van der Waals surface area (Å²) in [5.74, 6) is 2.19. The Morgan fingerprint density at radius 2 is 1.89 bits per heavy atom. The van der Waals surface area contributed by atoms with Gasteiger partial charge in [0.05, 0.1) is 11.7 Å². The van der Waals surface area contributed by atoms with Gasteiger partial charge in [0.1, 0.15) is 17.2 Å². The molecule has 4 aromatic rings. The Morgan fingerprint density at radius 3 is 2.63 bits per heavy atom. The zero-order valence-corrected chi connectivity index (χ0v) is 19.4. The predicted octanol–water partition coefficient (Wildman–Crippen LogP) is 4.90. The van der Waals surface area contributed by atoms with Crippen LogP contribution in [0.25, 0.3) is 33.3 Å². The Hall–Kier alpha value is -3.27. The van der Waals surface area contributed by atoms with Gasteiger partial charge in [-0.05, 0) is 68.3 Å². The molecule has 1 aliphatic carbocycles. The topological polar surface area (TPSA) is 82.6 Å². The fourth-order valence-electron chi connectivity index (χ4n) is 5.10. The molecule has 2 N–H and O–H groups in total. The Labute approximate surface area is 200 Å². The van der Waals surface area contributed by atoms with E-state index in [-0.39, 0.29) is 5.65 Å². The highest BCUT2D eigenvalue weighted by molar-refractivity contribution is 5.97. The molecular formula is C25H26F3N7. The number of alkyl halides is 3. The van der Waals surface area contributed by atoms with Gasteiger partial charge in [-0.1, -0.05) is 0 Å². The number of H-pyrrole nitrogens is 1. The van der Waals surface area contributed by atoms with Gasteiger partial charge >= 0.3 is 6.18 Å². The van der Waals surface area contributed by atoms with Crippen LogP contribution in [0.1, 0.15) is 42.9 Å². The molecule has 0 aromatic carbocycles. The molecule has 1 saturated heterocycles. The third-order valence-electron chi connectivity index (χ3n) is 7.06. The molecule has 0 amide bonds. The molecule has 35 heavy (non-hydrogen) atoms. The van der Waals surface area contributed by atoms with Gasteiger partial charge in [-0.25, -0.2) is 15.0 Å². The summed E-state index contributed by atoms with van der Waals surface area (Å²) >= 11 is 0. The number of aromatic nitrogens is 5. The summed E-state index contributed by atoms with van der Waals surface area (Å²) in [6.45, 7) is 2.87. The van der Waals surface area contributed by atoms with E-state index < -0.39 is 11.9 Å². The average Bonchev–Trinajstić information content (AvgIpc) is 3.59. The second kappa shape index (κ2) is 8.44. The van der Waals surface area contributed by atoms with Crippen LogP contribution in [0.3, 0.4) is 0 Å². The number of rotatable bonds is 5. The summed E-state index contributed by atoms with van der Waals surface area (Å²) in [6, 6.07) is 2.76. The maximum atomic E-state index is 13.4. The van der Waals surface area contributed by atoms with E-state index in [0.29, 0.717) is 34.1 Å². The molecular weight excluding hydrogens is 455 g/mol. The number of piperidine rings is 1. The van der Waals surface area contributed by atoms with Gasteiger partial charge in [0, 0.05) is 42.3 Å². The lowest BCUT2D eigenvalue weighted by atomic mass is 9.97. The van der Waals surface area contributed by atoms with Crippen molar-refractivity contribution in [2.45, 2.75) is 37.8 Å². The van der Waals surface area contributed by atoms with Crippen LogP contribution in [0.2, 0.25) is 0 Å². The molecule has 0 radical (unpaired) electrons. The monoisotopic (exact) mass is 481 g/mol. The maximum Gasteiger partial charge on any atom is 0.431 e. The van der Waals surface area contributed by atoms with E-state index in [9.17, 15) is 13.2 Å². The van der Waals surface area contributed by atoms with E-state index >= 15 is 0 Å². The number of nitrogens with one attached hydrogen (secondary N) is 2. The van der Waals surface area contributed by atoms with Crippen molar-refractivity contribution in [2.24, 2.45) is 5.92 Å². The zero-order valence-electron chi connectivity index (χ0n) is 19.4. The van der Waals surface area contributed by atoms with Crippen LogP contribution >= 0.6 is 0 Å². The van der Waals surface area contributed by atoms with E-state index in [4.69, 9.17) is 9.97 Å². The molecule has 2 fully saturated rings. The van der Waals surface area contributed by atoms with Crippen molar-refractivity contribution in [3.8, 4) is 11.4 Å². The van der Waals surface area contributed by atoms with Crippen molar-refractivity contribution in [2.75, 3.05) is 31.6 Å². The third kappa shape index (κ3) is 4.20. The van der Waals surface area contributed by atoms with Gasteiger partial charge in [-0.15, -0.1) is 0 Å². The molecule has 10 heteroatoms. The second-order valence-corrected chi connectivity index (χ2v) is 9.64. The van der Waals surface area contributed by atoms with Crippen molar-refractivity contribution in [3.63, 3.8) is 0 Å². The molecule has 6 rings (SSSR count). The number of pyridine rings is 2. The number of aromatic amines is 1. The van der Waals surface area contributed by atoms with E-state index in [1.807, 2.05) is 13.2 Å². The quantitative estimate of drug-likeness (QED) is 0.422. The van der Waals surface area contributed by atoms with Crippen LogP contribution < -0.4 is 10.2 Å². The standard InChI is InChI=1S/C25H26F3N7/c1-35(13-14-4-7-29-8-5-14)24-21-18(15-2-3-15)11-30-12-19(21)32-23(34-24)16-6-9-31-22-17(16)10-20(33-22)25(26,27)28/h6,9-12,14-15,29H,2-5,7-8,13H2,1H3,(H,31,33). The summed E-state index contributed by atoms with van der Waals surface area (Å²) in [7, 11) is 2.05. The van der Waals surface area contributed by atoms with Crippen molar-refractivity contribution in [1.29, 1.82) is 0 Å². The number of halogens is 3. The average molecular weight is 482 g/mol. The highest BCUT2D eigenvalue weighted by atomic mass is 19.4. The molecule has 1 saturated carbocycles. The van der Waals surface area contributed by atoms with E-state index in [1.54, 1.807) is 12.3 Å². The first-order chi connectivity index (χ1) is 16.9. The summed E-state index contributed by atoms with van der Waals surface area (Å²) in [5, 5.41) is 4.75. The first kappa shape index (κ1) is 22.2. The molecule has 0 atom stereocenters. The molecule has 0 unspecified atom stereocenters. The van der Waals surface area contributed by atoms with Crippen molar-refractivity contribution in [1.82, 2.24) is 30.2 Å². The summed E-state index contributed by atoms with van der Waals surface area (Å²) in [4.78, 5) is 22.9. The number of nitrogens with zero attached hydrogens (tertiary/aromatic N) is 5. The van der Waals surface area contributed by atoms with Crippen LogP contribution in [0.5, 0.6) is 0 Å². The summed E-state index contributed by atoms with van der Waals surface area (Å²) < 4.78 is 40.1. The molecule has 4 aromatic heterocycles. The van der Waals surface area contributed by atoms with Crippen LogP contribution in [0.4, 0.5) is 19.0 Å². The number of fused-ring (bicyclic) bond motifs is 2. The van der Waals surface area contributed by atoms with Gasteiger partial charge in [0.2, 0.25) is 0 Å². The molecule has 2 aliphatic rings. The fourth-order valence-corrected chi connectivity index (χ4v) is 5.10. The lowest BCUT2D eigenvalue weighted by Crippen LogP contribution is -2.35. The predicted molar refractivity (Wildman–Crippen MR) is 128 cm³/mol. The molecule has 0 spiro atoms. The highest BCUT2D eigenvalue weighted by Gasteiger charge is 2.34. The van der Waals surface area contributed by atoms with Crippen LogP contribution in [-0.2, 0) is 6.18 Å². The number of anilines is 1. The van der Waals surface area contributed by atoms with Crippen LogP contribution in [0.15, 0.2) is 30.7 Å². The fraction of sp³-hybridized carbons (Fsp3) is 0.440. The van der Waals surface area contributed by atoms with Gasteiger partial charge in [-0.2, -0.15) is 13.2 Å². The minimum atomic E-state index is -4.49. The maximum absolute atomic E-state index is 13.4. The molecule has 0 bridgehead atoms. The van der Waals surface area contributed by atoms with Crippen molar-refractivity contribution in [3.05, 3.63) is 42.0 Å². The minimum Gasteiger partial charge on any atom is -0.359 e. The van der Waals surface area contributed by atoms with E-state index in [1.165, 1.54) is 6.20 Å². The van der Waals surface area contributed by atoms with Gasteiger partial charge in [0.15, 0.2) is 5.82 Å². The third-order valence-corrected chi connectivity index (χ3v) is 7.06.